The zero-order valence-electron chi connectivity index (χ0n) is 13.2. The summed E-state index contributed by atoms with van der Waals surface area (Å²) in [6, 6.07) is 0. The van der Waals surface area contributed by atoms with E-state index in [1.54, 1.807) is 6.92 Å². The van der Waals surface area contributed by atoms with Gasteiger partial charge in [-0.1, -0.05) is 0 Å². The molecular weight excluding hydrogens is 315 g/mol. The molecule has 124 valence electrons. The minimum Gasteiger partial charge on any atom is -0.550 e. The number of aliphatic carboxylic acids is 3. The van der Waals surface area contributed by atoms with Gasteiger partial charge in [0.1, 0.15) is 12.2 Å². The number of ether oxygens (including phenoxy) is 1. The number of hydrogen-bond acceptors (Lipinski definition) is 9. The van der Waals surface area contributed by atoms with Crippen LogP contribution in [0.25, 0.3) is 0 Å². The summed E-state index contributed by atoms with van der Waals surface area (Å²) in [5.41, 5.74) is 0. The number of ketones is 1. The quantitative estimate of drug-likeness (QED) is 0.288. The van der Waals surface area contributed by atoms with Gasteiger partial charge in [-0.2, -0.15) is 0 Å². The van der Waals surface area contributed by atoms with Crippen molar-refractivity contribution in [1.29, 1.82) is 0 Å². The Bertz CT molecular complexity index is 299. The summed E-state index contributed by atoms with van der Waals surface area (Å²) < 4.78 is 4.49. The van der Waals surface area contributed by atoms with Gasteiger partial charge in [-0.3, -0.25) is 9.59 Å². The van der Waals surface area contributed by atoms with Gasteiger partial charge in [0.05, 0.1) is 6.61 Å². The predicted molar refractivity (Wildman–Crippen MR) is 69.7 cm³/mol. The van der Waals surface area contributed by atoms with Gasteiger partial charge >= 0.3 is 23.3 Å². The third kappa shape index (κ3) is 204. The summed E-state index contributed by atoms with van der Waals surface area (Å²) in [6.45, 7) is 6.32. The maximum Gasteiger partial charge on any atom is 3.00 e. The van der Waals surface area contributed by atoms with Gasteiger partial charge in [0.15, 0.2) is 0 Å². The molecule has 0 atom stereocenters. The van der Waals surface area contributed by atoms with E-state index in [1.165, 1.54) is 6.92 Å². The number of Topliss-reactive ketones (excluding diaryl/α,β-unsaturated/α-hetero) is 1. The Hall–Kier alpha value is -1.92. The summed E-state index contributed by atoms with van der Waals surface area (Å²) in [6.07, 6.45) is -0.103. The molecule has 10 heteroatoms. The molecule has 9 nitrogen and oxygen atoms in total. The van der Waals surface area contributed by atoms with Crippen molar-refractivity contribution in [2.24, 2.45) is 0 Å². The first-order valence-electron chi connectivity index (χ1n) is 5.54. The first-order chi connectivity index (χ1) is 9.36. The second kappa shape index (κ2) is 24.1. The summed E-state index contributed by atoms with van der Waals surface area (Å²) in [4.78, 5) is 47.3. The van der Waals surface area contributed by atoms with Crippen LogP contribution in [0.5, 0.6) is 0 Å². The van der Waals surface area contributed by atoms with E-state index < -0.39 is 23.9 Å². The van der Waals surface area contributed by atoms with Gasteiger partial charge in [-0.25, -0.2) is 0 Å². The van der Waals surface area contributed by atoms with Gasteiger partial charge in [-0.15, -0.1) is 0 Å². The number of carboxylic acids is 3. The Morgan fingerprint density at radius 1 is 0.773 bits per heavy atom. The maximum atomic E-state index is 10.4. The second-order valence-electron chi connectivity index (χ2n) is 3.16. The van der Waals surface area contributed by atoms with E-state index in [2.05, 4.69) is 4.74 Å². The van der Waals surface area contributed by atoms with Crippen LogP contribution in [0.1, 0.15) is 41.0 Å². The molecule has 0 N–H and O–H groups in total. The van der Waals surface area contributed by atoms with Crippen molar-refractivity contribution >= 4 is 47.0 Å². The SMILES string of the molecule is CC(=O)[O-].CC(=O)[O-].CC(=O)[O-].CCOC(=O)CC(C)=O.[Al+3]. The van der Waals surface area contributed by atoms with E-state index in [4.69, 9.17) is 29.7 Å². The number of rotatable bonds is 3. The number of carboxylic acid groups (broad SMARTS) is 3. The molecular formula is C12H19AlO9. The van der Waals surface area contributed by atoms with Crippen LogP contribution >= 0.6 is 0 Å². The molecule has 0 rings (SSSR count). The zero-order chi connectivity index (χ0) is 18.0. The fourth-order valence-electron chi connectivity index (χ4n) is 0.415. The van der Waals surface area contributed by atoms with Gasteiger partial charge in [0.25, 0.3) is 0 Å². The molecule has 22 heavy (non-hydrogen) atoms. The van der Waals surface area contributed by atoms with E-state index in [-0.39, 0.29) is 29.6 Å². The third-order valence-corrected chi connectivity index (χ3v) is 0.699. The van der Waals surface area contributed by atoms with Crippen LogP contribution in [0, 0.1) is 0 Å². The average Bonchev–Trinajstić information content (AvgIpc) is 2.12. The van der Waals surface area contributed by atoms with Crippen LogP contribution in [-0.2, 0) is 28.7 Å². The maximum absolute atomic E-state index is 10.4. The molecule has 0 unspecified atom stereocenters. The first-order valence-corrected chi connectivity index (χ1v) is 5.54. The molecule has 0 saturated heterocycles. The summed E-state index contributed by atoms with van der Waals surface area (Å²) in [5.74, 6) is -3.85. The Morgan fingerprint density at radius 2 is 1.00 bits per heavy atom. The van der Waals surface area contributed by atoms with Gasteiger partial charge in [0.2, 0.25) is 0 Å². The van der Waals surface area contributed by atoms with Crippen LogP contribution in [0.3, 0.4) is 0 Å². The molecule has 0 radical (unpaired) electrons. The van der Waals surface area contributed by atoms with Gasteiger partial charge in [0, 0.05) is 17.9 Å². The van der Waals surface area contributed by atoms with Crippen molar-refractivity contribution in [1.82, 2.24) is 0 Å². The van der Waals surface area contributed by atoms with Crippen LogP contribution in [0.15, 0.2) is 0 Å². The third-order valence-electron chi connectivity index (χ3n) is 0.699. The minimum absolute atomic E-state index is 0. The molecule has 0 fully saturated rings. The van der Waals surface area contributed by atoms with E-state index in [0.717, 1.165) is 20.8 Å². The second-order valence-corrected chi connectivity index (χ2v) is 3.16. The molecule has 0 aromatic carbocycles. The Labute approximate surface area is 139 Å². The molecule has 0 saturated carbocycles. The zero-order valence-corrected chi connectivity index (χ0v) is 14.3. The van der Waals surface area contributed by atoms with Crippen molar-refractivity contribution in [2.45, 2.75) is 41.0 Å². The van der Waals surface area contributed by atoms with E-state index in [1.807, 2.05) is 0 Å². The van der Waals surface area contributed by atoms with Crippen LogP contribution in [-0.4, -0.2) is 53.6 Å². The summed E-state index contributed by atoms with van der Waals surface area (Å²) >= 11 is 0. The molecule has 0 spiro atoms. The number of esters is 1. The van der Waals surface area contributed by atoms with Crippen molar-refractivity contribution in [3.8, 4) is 0 Å². The molecule has 0 amide bonds. The Morgan fingerprint density at radius 3 is 1.14 bits per heavy atom. The molecule has 0 heterocycles. The van der Waals surface area contributed by atoms with E-state index >= 15 is 0 Å². The van der Waals surface area contributed by atoms with Crippen LogP contribution < -0.4 is 15.3 Å². The number of carbonyl (C=O) groups is 5. The molecule has 0 aromatic heterocycles. The minimum atomic E-state index is -1.08. The fraction of sp³-hybridized carbons (Fsp3) is 0.583. The number of carbonyl (C=O) groups excluding carboxylic acids is 5. The molecule has 0 aliphatic carbocycles. The van der Waals surface area contributed by atoms with E-state index in [9.17, 15) is 9.59 Å². The first kappa shape index (κ1) is 32.1. The molecule has 0 aliphatic rings. The van der Waals surface area contributed by atoms with Crippen molar-refractivity contribution in [3.63, 3.8) is 0 Å². The smallest absolute Gasteiger partial charge is 0.550 e. The van der Waals surface area contributed by atoms with Gasteiger partial charge in [-0.05, 0) is 34.6 Å². The largest absolute Gasteiger partial charge is 3.00 e. The van der Waals surface area contributed by atoms with Crippen LogP contribution in [0.4, 0.5) is 0 Å². The predicted octanol–water partition coefficient (Wildman–Crippen LogP) is -3.58. The van der Waals surface area contributed by atoms with Gasteiger partial charge < -0.3 is 34.4 Å². The van der Waals surface area contributed by atoms with Crippen molar-refractivity contribution in [3.05, 3.63) is 0 Å². The standard InChI is InChI=1S/C6H10O3.3C2H4O2.Al/c1-3-9-6(8)4-5(2)7;3*1-2(3)4;/h3-4H2,1-2H3;3*1H3,(H,3,4);/q;;;;+3/p-3. The van der Waals surface area contributed by atoms with Crippen molar-refractivity contribution in [2.75, 3.05) is 6.61 Å². The van der Waals surface area contributed by atoms with Crippen molar-refractivity contribution < 1.29 is 44.0 Å². The Kier molecular flexibility index (Phi) is 35.3. The monoisotopic (exact) mass is 334 g/mol. The average molecular weight is 334 g/mol. The molecule has 0 aromatic rings. The normalized spacial score (nSPS) is 6.95. The van der Waals surface area contributed by atoms with Crippen LogP contribution in [0.2, 0.25) is 0 Å². The summed E-state index contributed by atoms with van der Waals surface area (Å²) in [5, 5.41) is 26.7. The fourth-order valence-corrected chi connectivity index (χ4v) is 0.415. The Balaban J connectivity index is -0.0000000632. The molecule has 0 aliphatic heterocycles. The topological polar surface area (TPSA) is 164 Å². The molecule has 0 bridgehead atoms. The summed E-state index contributed by atoms with van der Waals surface area (Å²) in [7, 11) is 0. The number of hydrogen-bond donors (Lipinski definition) is 0. The van der Waals surface area contributed by atoms with E-state index in [0.29, 0.717) is 6.61 Å².